The van der Waals surface area contributed by atoms with Crippen molar-refractivity contribution in [2.75, 3.05) is 12.4 Å². The molecule has 0 radical (unpaired) electrons. The zero-order chi connectivity index (χ0) is 14.2. The van der Waals surface area contributed by atoms with Crippen molar-refractivity contribution in [3.8, 4) is 5.75 Å². The van der Waals surface area contributed by atoms with Crippen LogP contribution in [-0.4, -0.2) is 12.4 Å². The number of benzene rings is 2. The normalized spacial score (nSPS) is 22.9. The highest BCUT2D eigenvalue weighted by Gasteiger charge is 2.24. The lowest BCUT2D eigenvalue weighted by atomic mass is 10.0. The molecule has 4 rings (SSSR count). The van der Waals surface area contributed by atoms with Gasteiger partial charge >= 0.3 is 0 Å². The number of fused-ring (bicyclic) bond motifs is 2. The second-order valence-electron chi connectivity index (χ2n) is 5.86. The second-order valence-corrected chi connectivity index (χ2v) is 6.92. The molecule has 2 N–H and O–H groups in total. The Hall–Kier alpha value is -1.45. The van der Waals surface area contributed by atoms with Crippen molar-refractivity contribution >= 4 is 11.8 Å². The topological polar surface area (TPSA) is 35.2 Å². The molecule has 0 bridgehead atoms. The molecule has 2 aromatic carbocycles. The van der Waals surface area contributed by atoms with E-state index in [0.29, 0.717) is 5.92 Å². The highest BCUT2D eigenvalue weighted by atomic mass is 32.2. The molecule has 0 fully saturated rings. The molecule has 2 aromatic rings. The predicted octanol–water partition coefficient (Wildman–Crippen LogP) is 3.90. The van der Waals surface area contributed by atoms with Crippen molar-refractivity contribution in [2.45, 2.75) is 29.7 Å². The van der Waals surface area contributed by atoms with Gasteiger partial charge in [-0.25, -0.2) is 0 Å². The standard InChI is InChI=1S/C18H19NOS/c19-17-8-5-12-9-14(6-7-15(12)17)20-10-13-11-21-18-4-2-1-3-16(13)18/h1-4,6-7,9,13,17H,5,8,10-11,19H2/t13?,17-/m0/s1. The van der Waals surface area contributed by atoms with Gasteiger partial charge in [0.05, 0.1) is 6.61 Å². The average molecular weight is 297 g/mol. The first kappa shape index (κ1) is 13.2. The molecule has 1 unspecified atom stereocenters. The molecule has 2 aliphatic rings. The number of ether oxygens (including phenoxy) is 1. The molecule has 3 heteroatoms. The summed E-state index contributed by atoms with van der Waals surface area (Å²) in [6.45, 7) is 0.759. The maximum absolute atomic E-state index is 6.08. The Labute approximate surface area is 129 Å². The monoisotopic (exact) mass is 297 g/mol. The summed E-state index contributed by atoms with van der Waals surface area (Å²) in [5.41, 5.74) is 10.2. The van der Waals surface area contributed by atoms with E-state index in [1.54, 1.807) is 0 Å². The number of nitrogens with two attached hydrogens (primary N) is 1. The lowest BCUT2D eigenvalue weighted by Gasteiger charge is -2.14. The summed E-state index contributed by atoms with van der Waals surface area (Å²) in [7, 11) is 0. The third-order valence-electron chi connectivity index (χ3n) is 4.49. The Morgan fingerprint density at radius 3 is 3.00 bits per heavy atom. The largest absolute Gasteiger partial charge is 0.493 e. The van der Waals surface area contributed by atoms with Crippen LogP contribution < -0.4 is 10.5 Å². The molecule has 0 saturated heterocycles. The number of thioether (sulfide) groups is 1. The Balaban J connectivity index is 1.46. The van der Waals surface area contributed by atoms with E-state index in [1.807, 2.05) is 11.8 Å². The fourth-order valence-corrected chi connectivity index (χ4v) is 4.51. The van der Waals surface area contributed by atoms with Gasteiger partial charge in [0.15, 0.2) is 0 Å². The van der Waals surface area contributed by atoms with Crippen LogP contribution in [0, 0.1) is 0 Å². The van der Waals surface area contributed by atoms with E-state index in [4.69, 9.17) is 10.5 Å². The maximum Gasteiger partial charge on any atom is 0.119 e. The zero-order valence-electron chi connectivity index (χ0n) is 11.9. The molecular formula is C18H19NOS. The van der Waals surface area contributed by atoms with E-state index in [2.05, 4.69) is 42.5 Å². The highest BCUT2D eigenvalue weighted by Crippen LogP contribution is 2.39. The van der Waals surface area contributed by atoms with Crippen molar-refractivity contribution in [3.63, 3.8) is 0 Å². The van der Waals surface area contributed by atoms with Gasteiger partial charge in [0.2, 0.25) is 0 Å². The maximum atomic E-state index is 6.08. The summed E-state index contributed by atoms with van der Waals surface area (Å²) in [6.07, 6.45) is 2.14. The van der Waals surface area contributed by atoms with Crippen molar-refractivity contribution in [3.05, 3.63) is 59.2 Å². The summed E-state index contributed by atoms with van der Waals surface area (Å²) in [6, 6.07) is 15.3. The van der Waals surface area contributed by atoms with Crippen LogP contribution in [0.5, 0.6) is 5.75 Å². The van der Waals surface area contributed by atoms with Crippen LogP contribution in [-0.2, 0) is 6.42 Å². The minimum atomic E-state index is 0.215. The molecule has 21 heavy (non-hydrogen) atoms. The Morgan fingerprint density at radius 2 is 2.05 bits per heavy atom. The first-order chi connectivity index (χ1) is 10.3. The molecule has 0 aromatic heterocycles. The summed E-state index contributed by atoms with van der Waals surface area (Å²) in [5.74, 6) is 2.61. The second kappa shape index (κ2) is 5.39. The first-order valence-corrected chi connectivity index (χ1v) is 8.53. The van der Waals surface area contributed by atoms with Gasteiger partial charge in [-0.3, -0.25) is 0 Å². The lowest BCUT2D eigenvalue weighted by Crippen LogP contribution is -2.10. The minimum absolute atomic E-state index is 0.215. The molecule has 2 atom stereocenters. The van der Waals surface area contributed by atoms with E-state index in [9.17, 15) is 0 Å². The Kier molecular flexibility index (Phi) is 3.40. The molecule has 2 nitrogen and oxygen atoms in total. The van der Waals surface area contributed by atoms with Crippen LogP contribution in [0.3, 0.4) is 0 Å². The molecule has 108 valence electrons. The Bertz CT molecular complexity index is 670. The number of hydrogen-bond acceptors (Lipinski definition) is 3. The van der Waals surface area contributed by atoms with Crippen LogP contribution in [0.1, 0.15) is 35.1 Å². The average Bonchev–Trinajstić information content (AvgIpc) is 3.09. The van der Waals surface area contributed by atoms with Gasteiger partial charge in [-0.05, 0) is 47.7 Å². The zero-order valence-corrected chi connectivity index (χ0v) is 12.7. The van der Waals surface area contributed by atoms with Crippen LogP contribution in [0.25, 0.3) is 0 Å². The van der Waals surface area contributed by atoms with Gasteiger partial charge in [0, 0.05) is 22.6 Å². The van der Waals surface area contributed by atoms with Crippen molar-refractivity contribution < 1.29 is 4.74 Å². The van der Waals surface area contributed by atoms with Gasteiger partial charge in [-0.1, -0.05) is 24.3 Å². The van der Waals surface area contributed by atoms with E-state index in [0.717, 1.165) is 31.0 Å². The van der Waals surface area contributed by atoms with E-state index < -0.39 is 0 Å². The highest BCUT2D eigenvalue weighted by molar-refractivity contribution is 7.99. The Morgan fingerprint density at radius 1 is 1.14 bits per heavy atom. The van der Waals surface area contributed by atoms with Crippen LogP contribution in [0.2, 0.25) is 0 Å². The summed E-state index contributed by atoms with van der Waals surface area (Å²) in [5, 5.41) is 0. The van der Waals surface area contributed by atoms with Gasteiger partial charge in [-0.15, -0.1) is 11.8 Å². The molecular weight excluding hydrogens is 278 g/mol. The van der Waals surface area contributed by atoms with E-state index in [1.165, 1.54) is 21.6 Å². The molecule has 0 amide bonds. The van der Waals surface area contributed by atoms with Gasteiger partial charge in [0.1, 0.15) is 5.75 Å². The van der Waals surface area contributed by atoms with Gasteiger partial charge in [0.25, 0.3) is 0 Å². The van der Waals surface area contributed by atoms with Crippen LogP contribution >= 0.6 is 11.8 Å². The smallest absolute Gasteiger partial charge is 0.119 e. The molecule has 0 saturated carbocycles. The number of aryl methyl sites for hydroxylation is 1. The molecule has 1 aliphatic heterocycles. The fourth-order valence-electron chi connectivity index (χ4n) is 3.28. The summed E-state index contributed by atoms with van der Waals surface area (Å²) < 4.78 is 6.05. The minimum Gasteiger partial charge on any atom is -0.493 e. The first-order valence-electron chi connectivity index (χ1n) is 7.54. The molecule has 1 aliphatic carbocycles. The van der Waals surface area contributed by atoms with E-state index >= 15 is 0 Å². The third kappa shape index (κ3) is 2.45. The fraction of sp³-hybridized carbons (Fsp3) is 0.333. The third-order valence-corrected chi connectivity index (χ3v) is 5.74. The number of rotatable bonds is 3. The summed E-state index contributed by atoms with van der Waals surface area (Å²) in [4.78, 5) is 1.41. The van der Waals surface area contributed by atoms with E-state index in [-0.39, 0.29) is 6.04 Å². The van der Waals surface area contributed by atoms with Gasteiger partial charge in [-0.2, -0.15) is 0 Å². The quantitative estimate of drug-likeness (QED) is 0.933. The van der Waals surface area contributed by atoms with Crippen LogP contribution in [0.15, 0.2) is 47.4 Å². The van der Waals surface area contributed by atoms with Gasteiger partial charge < -0.3 is 10.5 Å². The van der Waals surface area contributed by atoms with Crippen molar-refractivity contribution in [1.29, 1.82) is 0 Å². The number of hydrogen-bond donors (Lipinski definition) is 1. The SMILES string of the molecule is N[C@H]1CCc2cc(OCC3CSc4ccccc43)ccc21. The van der Waals surface area contributed by atoms with Crippen LogP contribution in [0.4, 0.5) is 0 Å². The van der Waals surface area contributed by atoms with Crippen molar-refractivity contribution in [1.82, 2.24) is 0 Å². The molecule has 1 heterocycles. The lowest BCUT2D eigenvalue weighted by molar-refractivity contribution is 0.298. The summed E-state index contributed by atoms with van der Waals surface area (Å²) >= 11 is 1.93. The molecule has 0 spiro atoms. The predicted molar refractivity (Wildman–Crippen MR) is 87.1 cm³/mol. The van der Waals surface area contributed by atoms with Crippen molar-refractivity contribution in [2.24, 2.45) is 5.73 Å².